The van der Waals surface area contributed by atoms with Crippen molar-refractivity contribution >= 4 is 17.5 Å². The summed E-state index contributed by atoms with van der Waals surface area (Å²) in [6.07, 6.45) is -0.216. The Kier molecular flexibility index (Phi) is 3.97. The molecule has 2 aromatic rings. The molecule has 108 valence electrons. The van der Waals surface area contributed by atoms with E-state index in [1.165, 1.54) is 0 Å². The lowest BCUT2D eigenvalue weighted by Gasteiger charge is -2.26. The van der Waals surface area contributed by atoms with E-state index in [1.54, 1.807) is 24.3 Å². The third kappa shape index (κ3) is 3.11. The van der Waals surface area contributed by atoms with Gasteiger partial charge in [-0.2, -0.15) is 0 Å². The van der Waals surface area contributed by atoms with Gasteiger partial charge >= 0.3 is 0 Å². The van der Waals surface area contributed by atoms with Crippen LogP contribution in [0.4, 0.5) is 0 Å². The minimum Gasteiger partial charge on any atom is -0.486 e. The van der Waals surface area contributed by atoms with Crippen LogP contribution in [0.3, 0.4) is 0 Å². The molecule has 0 bridgehead atoms. The molecule has 0 unspecified atom stereocenters. The number of ether oxygens (including phenoxy) is 2. The third-order valence-electron chi connectivity index (χ3n) is 3.18. The third-order valence-corrected chi connectivity index (χ3v) is 3.51. The maximum absolute atomic E-state index is 12.1. The fourth-order valence-electron chi connectivity index (χ4n) is 2.11. The quantitative estimate of drug-likeness (QED) is 0.948. The van der Waals surface area contributed by atoms with E-state index in [0.717, 1.165) is 5.75 Å². The van der Waals surface area contributed by atoms with Crippen LogP contribution in [0.15, 0.2) is 48.5 Å². The molecular weight excluding hydrogens is 290 g/mol. The van der Waals surface area contributed by atoms with Gasteiger partial charge in [-0.3, -0.25) is 4.79 Å². The average molecular weight is 304 g/mol. The highest BCUT2D eigenvalue weighted by Gasteiger charge is 2.21. The molecule has 1 aliphatic heterocycles. The van der Waals surface area contributed by atoms with Gasteiger partial charge in [-0.05, 0) is 24.3 Å². The Hall–Kier alpha value is -2.20. The molecule has 4 nitrogen and oxygen atoms in total. The van der Waals surface area contributed by atoms with Crippen LogP contribution in [0, 0.1) is 0 Å². The van der Waals surface area contributed by atoms with E-state index in [0.29, 0.717) is 29.5 Å². The molecule has 0 fully saturated rings. The molecule has 1 atom stereocenters. The Morgan fingerprint density at radius 3 is 2.67 bits per heavy atom. The van der Waals surface area contributed by atoms with E-state index in [4.69, 9.17) is 21.1 Å². The fourth-order valence-corrected chi connectivity index (χ4v) is 2.33. The summed E-state index contributed by atoms with van der Waals surface area (Å²) in [6.45, 7) is 0.762. The largest absolute Gasteiger partial charge is 0.486 e. The van der Waals surface area contributed by atoms with E-state index in [2.05, 4.69) is 5.32 Å². The van der Waals surface area contributed by atoms with Gasteiger partial charge in [0, 0.05) is 0 Å². The van der Waals surface area contributed by atoms with Crippen molar-refractivity contribution in [2.75, 3.05) is 13.2 Å². The summed E-state index contributed by atoms with van der Waals surface area (Å²) >= 11 is 5.99. The number of benzene rings is 2. The first-order valence-electron chi connectivity index (χ1n) is 6.65. The van der Waals surface area contributed by atoms with Gasteiger partial charge in [-0.25, -0.2) is 0 Å². The molecule has 0 saturated carbocycles. The van der Waals surface area contributed by atoms with E-state index >= 15 is 0 Å². The summed E-state index contributed by atoms with van der Waals surface area (Å²) in [5.74, 6) is 1.20. The van der Waals surface area contributed by atoms with Crippen LogP contribution in [-0.2, 0) is 0 Å². The zero-order valence-corrected chi connectivity index (χ0v) is 12.0. The number of nitrogens with one attached hydrogen (secondary N) is 1. The number of halogens is 1. The number of amides is 1. The van der Waals surface area contributed by atoms with Gasteiger partial charge in [0.25, 0.3) is 5.91 Å². The highest BCUT2D eigenvalue weighted by Crippen LogP contribution is 2.30. The Bertz CT molecular complexity index is 659. The molecule has 21 heavy (non-hydrogen) atoms. The first-order valence-corrected chi connectivity index (χ1v) is 7.03. The van der Waals surface area contributed by atoms with Gasteiger partial charge in [-0.15, -0.1) is 0 Å². The van der Waals surface area contributed by atoms with Crippen LogP contribution in [-0.4, -0.2) is 25.2 Å². The first kappa shape index (κ1) is 13.8. The predicted octanol–water partition coefficient (Wildman–Crippen LogP) is 2.91. The monoisotopic (exact) mass is 303 g/mol. The van der Waals surface area contributed by atoms with Crippen molar-refractivity contribution < 1.29 is 14.3 Å². The van der Waals surface area contributed by atoms with Crippen LogP contribution in [0.25, 0.3) is 0 Å². The molecule has 0 aliphatic carbocycles. The summed E-state index contributed by atoms with van der Waals surface area (Å²) in [5, 5.41) is 3.24. The molecule has 3 rings (SSSR count). The Morgan fingerprint density at radius 1 is 1.14 bits per heavy atom. The summed E-state index contributed by atoms with van der Waals surface area (Å²) in [5.41, 5.74) is 0.455. The molecule has 1 N–H and O–H groups in total. The van der Waals surface area contributed by atoms with Crippen LogP contribution < -0.4 is 14.8 Å². The molecule has 5 heteroatoms. The summed E-state index contributed by atoms with van der Waals surface area (Å²) in [7, 11) is 0. The number of hydrogen-bond donors (Lipinski definition) is 1. The van der Waals surface area contributed by atoms with Crippen molar-refractivity contribution in [3.05, 3.63) is 59.1 Å². The highest BCUT2D eigenvalue weighted by molar-refractivity contribution is 6.33. The number of hydrogen-bond acceptors (Lipinski definition) is 3. The van der Waals surface area contributed by atoms with Crippen molar-refractivity contribution in [2.45, 2.75) is 6.10 Å². The second-order valence-electron chi connectivity index (χ2n) is 4.69. The molecule has 0 radical (unpaired) electrons. The lowest BCUT2D eigenvalue weighted by Crippen LogP contribution is -2.40. The minimum absolute atomic E-state index is 0.216. The average Bonchev–Trinajstić information content (AvgIpc) is 2.53. The Labute approximate surface area is 127 Å². The van der Waals surface area contributed by atoms with Gasteiger partial charge in [0.15, 0.2) is 11.5 Å². The zero-order valence-electron chi connectivity index (χ0n) is 11.2. The molecule has 0 saturated heterocycles. The van der Waals surface area contributed by atoms with E-state index < -0.39 is 0 Å². The van der Waals surface area contributed by atoms with Gasteiger partial charge in [0.2, 0.25) is 0 Å². The van der Waals surface area contributed by atoms with Crippen LogP contribution in [0.5, 0.6) is 11.5 Å². The maximum Gasteiger partial charge on any atom is 0.252 e. The van der Waals surface area contributed by atoms with E-state index in [9.17, 15) is 4.79 Å². The second-order valence-corrected chi connectivity index (χ2v) is 5.09. The summed E-state index contributed by atoms with van der Waals surface area (Å²) < 4.78 is 11.4. The molecule has 2 aromatic carbocycles. The smallest absolute Gasteiger partial charge is 0.252 e. The fraction of sp³-hybridized carbons (Fsp3) is 0.188. The highest BCUT2D eigenvalue weighted by atomic mass is 35.5. The van der Waals surface area contributed by atoms with Crippen LogP contribution in [0.1, 0.15) is 10.4 Å². The van der Waals surface area contributed by atoms with E-state index in [1.807, 2.05) is 24.3 Å². The number of carbonyl (C=O) groups is 1. The van der Waals surface area contributed by atoms with Gasteiger partial charge in [0.1, 0.15) is 12.7 Å². The standard InChI is InChI=1S/C16H14ClNO3/c17-13-6-2-1-5-12(13)16(19)18-9-11-10-20-14-7-3-4-8-15(14)21-11/h1-8,11H,9-10H2,(H,18,19)/t11-/m1/s1. The molecule has 1 aliphatic rings. The zero-order chi connectivity index (χ0) is 14.7. The summed E-state index contributed by atoms with van der Waals surface area (Å²) in [6, 6.07) is 14.4. The molecule has 0 spiro atoms. The number of rotatable bonds is 3. The Balaban J connectivity index is 1.59. The van der Waals surface area contributed by atoms with Gasteiger partial charge in [0.05, 0.1) is 17.1 Å². The molecule has 0 aromatic heterocycles. The van der Waals surface area contributed by atoms with Crippen molar-refractivity contribution in [3.63, 3.8) is 0 Å². The van der Waals surface area contributed by atoms with Crippen LogP contribution >= 0.6 is 11.6 Å². The molecular formula is C16H14ClNO3. The predicted molar refractivity (Wildman–Crippen MR) is 80.1 cm³/mol. The molecule has 1 amide bonds. The second kappa shape index (κ2) is 6.06. The lowest BCUT2D eigenvalue weighted by molar-refractivity contribution is 0.0789. The van der Waals surface area contributed by atoms with E-state index in [-0.39, 0.29) is 12.0 Å². The summed E-state index contributed by atoms with van der Waals surface area (Å²) in [4.78, 5) is 12.1. The van der Waals surface area contributed by atoms with Gasteiger partial charge in [-0.1, -0.05) is 35.9 Å². The van der Waals surface area contributed by atoms with Crippen molar-refractivity contribution in [1.29, 1.82) is 0 Å². The number of para-hydroxylation sites is 2. The lowest BCUT2D eigenvalue weighted by atomic mass is 10.2. The number of carbonyl (C=O) groups excluding carboxylic acids is 1. The minimum atomic E-state index is -0.219. The topological polar surface area (TPSA) is 47.6 Å². The SMILES string of the molecule is O=C(NC[C@@H]1COc2ccccc2O1)c1ccccc1Cl. The first-order chi connectivity index (χ1) is 10.2. The van der Waals surface area contributed by atoms with Crippen molar-refractivity contribution in [1.82, 2.24) is 5.32 Å². The number of fused-ring (bicyclic) bond motifs is 1. The van der Waals surface area contributed by atoms with Gasteiger partial charge < -0.3 is 14.8 Å². The van der Waals surface area contributed by atoms with Crippen LogP contribution in [0.2, 0.25) is 5.02 Å². The Morgan fingerprint density at radius 2 is 1.86 bits per heavy atom. The normalized spacial score (nSPS) is 16.3. The molecule has 1 heterocycles. The van der Waals surface area contributed by atoms with Crippen molar-refractivity contribution in [2.24, 2.45) is 0 Å². The maximum atomic E-state index is 12.1. The van der Waals surface area contributed by atoms with Crippen molar-refractivity contribution in [3.8, 4) is 11.5 Å².